The van der Waals surface area contributed by atoms with Crippen molar-refractivity contribution in [3.63, 3.8) is 0 Å². The second kappa shape index (κ2) is 4.37. The molecule has 7 nitrogen and oxygen atoms in total. The number of halogens is 3. The van der Waals surface area contributed by atoms with E-state index in [1.807, 2.05) is 0 Å². The number of nitrogens with zero attached hydrogens (tertiary/aromatic N) is 1. The largest absolute Gasteiger partial charge is 0.322 e. The first kappa shape index (κ1) is 13.5. The van der Waals surface area contributed by atoms with Gasteiger partial charge >= 0.3 is 5.69 Å². The van der Waals surface area contributed by atoms with Crippen molar-refractivity contribution in [1.29, 1.82) is 0 Å². The smallest absolute Gasteiger partial charge is 0.305 e. The van der Waals surface area contributed by atoms with E-state index in [9.17, 15) is 32.1 Å². The van der Waals surface area contributed by atoms with Gasteiger partial charge in [0, 0.05) is 10.7 Å². The van der Waals surface area contributed by atoms with Crippen molar-refractivity contribution in [3.05, 3.63) is 32.2 Å². The Kier molecular flexibility index (Phi) is 3.48. The maximum Gasteiger partial charge on any atom is 0.305 e. The van der Waals surface area contributed by atoms with Gasteiger partial charge in [0.15, 0.2) is 4.90 Å². The Morgan fingerprint density at radius 3 is 2.35 bits per heavy atom. The van der Waals surface area contributed by atoms with E-state index in [4.69, 9.17) is 10.7 Å². The summed E-state index contributed by atoms with van der Waals surface area (Å²) in [6.45, 7) is 0. The van der Waals surface area contributed by atoms with E-state index in [1.54, 1.807) is 4.98 Å². The monoisotopic (exact) mass is 288 g/mol. The molecule has 0 bridgehead atoms. The van der Waals surface area contributed by atoms with Gasteiger partial charge in [0.05, 0.1) is 11.1 Å². The molecule has 0 aromatic carbocycles. The van der Waals surface area contributed by atoms with E-state index in [1.165, 1.54) is 0 Å². The number of aromatic amines is 1. The predicted octanol–water partition coefficient (Wildman–Crippen LogP) is 1.15. The average molecular weight is 289 g/mol. The molecule has 1 rings (SSSR count). The van der Waals surface area contributed by atoms with Gasteiger partial charge in [0.2, 0.25) is 0 Å². The van der Waals surface area contributed by atoms with Crippen LogP contribution in [-0.2, 0) is 9.05 Å². The lowest BCUT2D eigenvalue weighted by molar-refractivity contribution is -0.388. The third kappa shape index (κ3) is 2.58. The summed E-state index contributed by atoms with van der Waals surface area (Å²) in [6, 6.07) is 0. The van der Waals surface area contributed by atoms with Crippen LogP contribution in [0.1, 0.15) is 12.0 Å². The fraction of sp³-hybridized carbons (Fsp3) is 0.167. The molecule has 0 aliphatic carbocycles. The molecule has 17 heavy (non-hydrogen) atoms. The highest BCUT2D eigenvalue weighted by atomic mass is 35.7. The lowest BCUT2D eigenvalue weighted by atomic mass is 10.2. The number of nitrogens with one attached hydrogen (secondary N) is 1. The molecule has 1 N–H and O–H groups in total. The quantitative estimate of drug-likeness (QED) is 0.509. The average Bonchev–Trinajstić information content (AvgIpc) is 2.14. The normalized spacial score (nSPS) is 11.8. The molecule has 1 heterocycles. The Bertz CT molecular complexity index is 626. The van der Waals surface area contributed by atoms with E-state index in [0.29, 0.717) is 6.20 Å². The maximum absolute atomic E-state index is 12.5. The minimum Gasteiger partial charge on any atom is -0.322 e. The summed E-state index contributed by atoms with van der Waals surface area (Å²) in [5.74, 6) is 0. The van der Waals surface area contributed by atoms with Crippen molar-refractivity contribution >= 4 is 25.4 Å². The van der Waals surface area contributed by atoms with Crippen molar-refractivity contribution in [3.8, 4) is 0 Å². The summed E-state index contributed by atoms with van der Waals surface area (Å²) in [5, 5.41) is 10.5. The lowest BCUT2D eigenvalue weighted by Crippen LogP contribution is -2.18. The fourth-order valence-corrected chi connectivity index (χ4v) is 2.42. The molecule has 1 aromatic heterocycles. The third-order valence-corrected chi connectivity index (χ3v) is 3.10. The second-order valence-corrected chi connectivity index (χ2v) is 5.24. The SMILES string of the molecule is O=c1[nH]cc([N+](=O)[O-])c(S(=O)(=O)Cl)c1C(F)F. The lowest BCUT2D eigenvalue weighted by Gasteiger charge is -2.04. The number of rotatable bonds is 3. The number of hydrogen-bond donors (Lipinski definition) is 1. The Balaban J connectivity index is 3.89. The van der Waals surface area contributed by atoms with Gasteiger partial charge in [-0.1, -0.05) is 0 Å². The molecule has 0 fully saturated rings. The van der Waals surface area contributed by atoms with Gasteiger partial charge in [0.1, 0.15) is 5.56 Å². The van der Waals surface area contributed by atoms with Crippen LogP contribution < -0.4 is 5.56 Å². The molecule has 0 unspecified atom stereocenters. The van der Waals surface area contributed by atoms with Gasteiger partial charge in [-0.3, -0.25) is 14.9 Å². The zero-order chi connectivity index (χ0) is 13.4. The van der Waals surface area contributed by atoms with E-state index in [2.05, 4.69) is 0 Å². The summed E-state index contributed by atoms with van der Waals surface area (Å²) in [4.78, 5) is 20.4. The first-order chi connectivity index (χ1) is 7.66. The number of nitro groups is 1. The molecular weight excluding hydrogens is 286 g/mol. The highest BCUT2D eigenvalue weighted by Gasteiger charge is 2.34. The number of H-pyrrole nitrogens is 1. The topological polar surface area (TPSA) is 110 Å². The van der Waals surface area contributed by atoms with Crippen LogP contribution in [0.3, 0.4) is 0 Å². The summed E-state index contributed by atoms with van der Waals surface area (Å²) < 4.78 is 47.0. The summed E-state index contributed by atoms with van der Waals surface area (Å²) in [6.07, 6.45) is -3.12. The van der Waals surface area contributed by atoms with Crippen molar-refractivity contribution in [2.75, 3.05) is 0 Å². The standard InChI is InChI=1S/C6H3ClF2N2O5S/c7-17(15,16)4-2(11(13)14)1-10-6(12)3(4)5(8)9/h1,5H,(H,10,12). The van der Waals surface area contributed by atoms with Crippen molar-refractivity contribution < 1.29 is 22.1 Å². The number of alkyl halides is 2. The first-order valence-electron chi connectivity index (χ1n) is 3.79. The number of aromatic nitrogens is 1. The van der Waals surface area contributed by atoms with Gasteiger partial charge in [-0.2, -0.15) is 0 Å². The van der Waals surface area contributed by atoms with Crippen molar-refractivity contribution in [2.45, 2.75) is 11.3 Å². The molecule has 0 aliphatic rings. The Morgan fingerprint density at radius 1 is 1.47 bits per heavy atom. The van der Waals surface area contributed by atoms with Gasteiger partial charge in [-0.25, -0.2) is 17.2 Å². The minimum atomic E-state index is -4.85. The van der Waals surface area contributed by atoms with E-state index >= 15 is 0 Å². The Hall–Kier alpha value is -1.55. The highest BCUT2D eigenvalue weighted by molar-refractivity contribution is 8.13. The van der Waals surface area contributed by atoms with Crippen molar-refractivity contribution in [2.24, 2.45) is 0 Å². The van der Waals surface area contributed by atoms with E-state index in [-0.39, 0.29) is 0 Å². The molecule has 0 amide bonds. The fourth-order valence-electron chi connectivity index (χ4n) is 1.11. The summed E-state index contributed by atoms with van der Waals surface area (Å²) in [5.41, 5.74) is -4.21. The number of pyridine rings is 1. The van der Waals surface area contributed by atoms with Gasteiger partial charge in [-0.05, 0) is 0 Å². The second-order valence-electron chi connectivity index (χ2n) is 2.74. The summed E-state index contributed by atoms with van der Waals surface area (Å²) >= 11 is 0. The molecule has 94 valence electrons. The minimum absolute atomic E-state index is 0.392. The molecule has 0 spiro atoms. The van der Waals surface area contributed by atoms with Crippen LogP contribution in [0.25, 0.3) is 0 Å². The van der Waals surface area contributed by atoms with Crippen LogP contribution in [0.15, 0.2) is 15.9 Å². The molecule has 0 saturated heterocycles. The Morgan fingerprint density at radius 2 is 2.00 bits per heavy atom. The van der Waals surface area contributed by atoms with Crippen LogP contribution >= 0.6 is 10.7 Å². The van der Waals surface area contributed by atoms with Crippen LogP contribution in [0.5, 0.6) is 0 Å². The first-order valence-corrected chi connectivity index (χ1v) is 6.10. The van der Waals surface area contributed by atoms with Crippen LogP contribution in [0.2, 0.25) is 0 Å². The van der Waals surface area contributed by atoms with Crippen LogP contribution in [0, 0.1) is 10.1 Å². The van der Waals surface area contributed by atoms with Crippen molar-refractivity contribution in [1.82, 2.24) is 4.98 Å². The van der Waals surface area contributed by atoms with Crippen LogP contribution in [-0.4, -0.2) is 18.3 Å². The molecular formula is C6H3ClF2N2O5S. The number of hydrogen-bond acceptors (Lipinski definition) is 5. The molecule has 1 aromatic rings. The molecule has 0 atom stereocenters. The van der Waals surface area contributed by atoms with Crippen LogP contribution in [0.4, 0.5) is 14.5 Å². The third-order valence-electron chi connectivity index (χ3n) is 1.72. The highest BCUT2D eigenvalue weighted by Crippen LogP contribution is 2.32. The molecule has 0 radical (unpaired) electrons. The zero-order valence-electron chi connectivity index (χ0n) is 7.69. The Labute approximate surface area is 96.6 Å². The molecule has 11 heteroatoms. The van der Waals surface area contributed by atoms with E-state index in [0.717, 1.165) is 0 Å². The van der Waals surface area contributed by atoms with Gasteiger partial charge in [-0.15, -0.1) is 0 Å². The van der Waals surface area contributed by atoms with E-state index < -0.39 is 42.1 Å². The zero-order valence-corrected chi connectivity index (χ0v) is 9.26. The maximum atomic E-state index is 12.5. The predicted molar refractivity (Wildman–Crippen MR) is 51.7 cm³/mol. The van der Waals surface area contributed by atoms with Gasteiger partial charge < -0.3 is 4.98 Å². The molecule has 0 saturated carbocycles. The van der Waals surface area contributed by atoms with Gasteiger partial charge in [0.25, 0.3) is 21.0 Å². The molecule has 0 aliphatic heterocycles. The summed E-state index contributed by atoms with van der Waals surface area (Å²) in [7, 11) is -0.0355.